The summed E-state index contributed by atoms with van der Waals surface area (Å²) in [6.07, 6.45) is 10.4. The molecule has 3 heteroatoms. The summed E-state index contributed by atoms with van der Waals surface area (Å²) in [6, 6.07) is 2.67. The quantitative estimate of drug-likeness (QED) is 0.786. The fraction of sp³-hybridized carbons (Fsp3) is 0.722. The molecule has 0 bridgehead atoms. The zero-order valence-electron chi connectivity index (χ0n) is 13.3. The molecule has 1 aromatic rings. The van der Waals surface area contributed by atoms with Gasteiger partial charge in [0.25, 0.3) is 0 Å². The van der Waals surface area contributed by atoms with Crippen LogP contribution in [0.15, 0.2) is 18.5 Å². The molecule has 3 atom stereocenters. The molecule has 2 fully saturated rings. The molecular formula is C18H28N2O. The van der Waals surface area contributed by atoms with Gasteiger partial charge in [-0.25, -0.2) is 0 Å². The second-order valence-electron chi connectivity index (χ2n) is 6.57. The summed E-state index contributed by atoms with van der Waals surface area (Å²) < 4.78 is 5.75. The summed E-state index contributed by atoms with van der Waals surface area (Å²) >= 11 is 0. The third kappa shape index (κ3) is 3.23. The van der Waals surface area contributed by atoms with Crippen LogP contribution < -0.4 is 10.1 Å². The molecular weight excluding hydrogens is 260 g/mol. The Balaban J connectivity index is 1.73. The third-order valence-corrected chi connectivity index (χ3v) is 5.04. The number of hydrogen-bond donors (Lipinski definition) is 1. The highest BCUT2D eigenvalue weighted by molar-refractivity contribution is 5.28. The molecule has 0 amide bonds. The van der Waals surface area contributed by atoms with Crippen molar-refractivity contribution in [2.75, 3.05) is 13.2 Å². The summed E-state index contributed by atoms with van der Waals surface area (Å²) in [6.45, 7) is 6.22. The maximum atomic E-state index is 5.75. The predicted octanol–water partition coefficient (Wildman–Crippen LogP) is 3.96. The van der Waals surface area contributed by atoms with Crippen molar-refractivity contribution < 1.29 is 4.74 Å². The van der Waals surface area contributed by atoms with Gasteiger partial charge < -0.3 is 10.1 Å². The van der Waals surface area contributed by atoms with Crippen molar-refractivity contribution in [3.8, 4) is 5.75 Å². The number of hydrogen-bond acceptors (Lipinski definition) is 3. The molecule has 2 aliphatic carbocycles. The van der Waals surface area contributed by atoms with E-state index in [0.29, 0.717) is 6.04 Å². The van der Waals surface area contributed by atoms with Crippen LogP contribution in [0.1, 0.15) is 57.6 Å². The van der Waals surface area contributed by atoms with Crippen molar-refractivity contribution in [1.29, 1.82) is 0 Å². The van der Waals surface area contributed by atoms with E-state index in [-0.39, 0.29) is 0 Å². The molecule has 1 aromatic heterocycles. The van der Waals surface area contributed by atoms with Gasteiger partial charge in [0.15, 0.2) is 0 Å². The number of aromatic nitrogens is 1. The van der Waals surface area contributed by atoms with Gasteiger partial charge in [0.1, 0.15) is 5.75 Å². The highest BCUT2D eigenvalue weighted by Crippen LogP contribution is 2.62. The average Bonchev–Trinajstić information content (AvgIpc) is 2.97. The van der Waals surface area contributed by atoms with Crippen molar-refractivity contribution in [1.82, 2.24) is 10.3 Å². The lowest BCUT2D eigenvalue weighted by Gasteiger charge is -2.21. The van der Waals surface area contributed by atoms with Crippen molar-refractivity contribution in [2.24, 2.45) is 17.8 Å². The zero-order chi connectivity index (χ0) is 14.7. The molecule has 21 heavy (non-hydrogen) atoms. The first-order valence-electron chi connectivity index (χ1n) is 8.66. The van der Waals surface area contributed by atoms with Crippen LogP contribution >= 0.6 is 0 Å². The van der Waals surface area contributed by atoms with Gasteiger partial charge in [0.05, 0.1) is 12.8 Å². The minimum Gasteiger partial charge on any atom is -0.492 e. The number of pyridine rings is 1. The number of fused-ring (bicyclic) bond motifs is 1. The standard InChI is InChI=1S/C18H28N2O/c1-3-8-20-18(17-15-6-5-7-16(15)17)13-10-14(12-19-11-13)21-9-4-2/h10-12,15-18,20H,3-9H2,1-2H3. The van der Waals surface area contributed by atoms with E-state index in [1.54, 1.807) is 0 Å². The zero-order valence-corrected chi connectivity index (χ0v) is 13.3. The fourth-order valence-corrected chi connectivity index (χ4v) is 4.05. The summed E-state index contributed by atoms with van der Waals surface area (Å²) in [5, 5.41) is 3.76. The Kier molecular flexibility index (Phi) is 4.79. The van der Waals surface area contributed by atoms with E-state index in [1.807, 2.05) is 12.4 Å². The van der Waals surface area contributed by atoms with Gasteiger partial charge >= 0.3 is 0 Å². The summed E-state index contributed by atoms with van der Waals surface area (Å²) in [5.41, 5.74) is 1.32. The van der Waals surface area contributed by atoms with E-state index in [4.69, 9.17) is 4.74 Å². The fourth-order valence-electron chi connectivity index (χ4n) is 4.05. The minimum atomic E-state index is 0.470. The second kappa shape index (κ2) is 6.78. The number of rotatable bonds is 8. The smallest absolute Gasteiger partial charge is 0.137 e. The van der Waals surface area contributed by atoms with E-state index < -0.39 is 0 Å². The van der Waals surface area contributed by atoms with Gasteiger partial charge in [-0.05, 0) is 61.6 Å². The Labute approximate surface area is 128 Å². The second-order valence-corrected chi connectivity index (χ2v) is 6.57. The van der Waals surface area contributed by atoms with Crippen LogP contribution in [0.3, 0.4) is 0 Å². The molecule has 0 saturated heterocycles. The molecule has 3 rings (SSSR count). The van der Waals surface area contributed by atoms with Crippen LogP contribution in [-0.4, -0.2) is 18.1 Å². The summed E-state index contributed by atoms with van der Waals surface area (Å²) in [4.78, 5) is 4.41. The maximum Gasteiger partial charge on any atom is 0.137 e. The first kappa shape index (κ1) is 14.8. The molecule has 3 unspecified atom stereocenters. The van der Waals surface area contributed by atoms with Gasteiger partial charge in [-0.1, -0.05) is 20.3 Å². The van der Waals surface area contributed by atoms with E-state index in [9.17, 15) is 0 Å². The lowest BCUT2D eigenvalue weighted by atomic mass is 9.98. The van der Waals surface area contributed by atoms with Crippen molar-refractivity contribution in [3.63, 3.8) is 0 Å². The van der Waals surface area contributed by atoms with Crippen LogP contribution in [0, 0.1) is 17.8 Å². The van der Waals surface area contributed by atoms with Crippen LogP contribution in [0.5, 0.6) is 5.75 Å². The lowest BCUT2D eigenvalue weighted by Crippen LogP contribution is -2.25. The molecule has 116 valence electrons. The van der Waals surface area contributed by atoms with E-state index in [0.717, 1.165) is 43.1 Å². The summed E-state index contributed by atoms with van der Waals surface area (Å²) in [5.74, 6) is 3.66. The Bertz CT molecular complexity index is 452. The highest BCUT2D eigenvalue weighted by atomic mass is 16.5. The summed E-state index contributed by atoms with van der Waals surface area (Å²) in [7, 11) is 0. The van der Waals surface area contributed by atoms with E-state index in [1.165, 1.54) is 31.2 Å². The van der Waals surface area contributed by atoms with Gasteiger partial charge in [0, 0.05) is 12.2 Å². The minimum absolute atomic E-state index is 0.470. The number of nitrogens with zero attached hydrogens (tertiary/aromatic N) is 1. The monoisotopic (exact) mass is 288 g/mol. The molecule has 1 heterocycles. The lowest BCUT2D eigenvalue weighted by molar-refractivity contribution is 0.314. The van der Waals surface area contributed by atoms with Gasteiger partial charge in [0.2, 0.25) is 0 Å². The van der Waals surface area contributed by atoms with Crippen LogP contribution in [0.2, 0.25) is 0 Å². The predicted molar refractivity (Wildman–Crippen MR) is 85.4 cm³/mol. The Hall–Kier alpha value is -1.09. The van der Waals surface area contributed by atoms with Crippen molar-refractivity contribution in [2.45, 2.75) is 52.0 Å². The van der Waals surface area contributed by atoms with Crippen LogP contribution in [0.25, 0.3) is 0 Å². The van der Waals surface area contributed by atoms with Crippen LogP contribution in [-0.2, 0) is 0 Å². The Morgan fingerprint density at radius 2 is 2.05 bits per heavy atom. The molecule has 0 radical (unpaired) electrons. The molecule has 2 saturated carbocycles. The van der Waals surface area contributed by atoms with Crippen LogP contribution in [0.4, 0.5) is 0 Å². The van der Waals surface area contributed by atoms with E-state index in [2.05, 4.69) is 30.2 Å². The topological polar surface area (TPSA) is 34.2 Å². The molecule has 3 nitrogen and oxygen atoms in total. The molecule has 2 aliphatic rings. The highest BCUT2D eigenvalue weighted by Gasteiger charge is 2.55. The largest absolute Gasteiger partial charge is 0.492 e. The Morgan fingerprint density at radius 1 is 1.24 bits per heavy atom. The normalized spacial score (nSPS) is 28.2. The van der Waals surface area contributed by atoms with E-state index >= 15 is 0 Å². The van der Waals surface area contributed by atoms with Gasteiger partial charge in [-0.15, -0.1) is 0 Å². The average molecular weight is 288 g/mol. The van der Waals surface area contributed by atoms with Gasteiger partial charge in [-0.3, -0.25) is 4.98 Å². The molecule has 0 aromatic carbocycles. The SMILES string of the molecule is CCCNC(c1cncc(OCCC)c1)C1C2CCCC21. The number of ether oxygens (including phenoxy) is 1. The Morgan fingerprint density at radius 3 is 2.76 bits per heavy atom. The maximum absolute atomic E-state index is 5.75. The first-order chi connectivity index (χ1) is 10.3. The molecule has 0 aliphatic heterocycles. The first-order valence-corrected chi connectivity index (χ1v) is 8.66. The third-order valence-electron chi connectivity index (χ3n) is 5.04. The van der Waals surface area contributed by atoms with Crippen molar-refractivity contribution >= 4 is 0 Å². The molecule has 1 N–H and O–H groups in total. The molecule has 0 spiro atoms. The number of nitrogens with one attached hydrogen (secondary N) is 1. The van der Waals surface area contributed by atoms with Crippen molar-refractivity contribution in [3.05, 3.63) is 24.0 Å². The van der Waals surface area contributed by atoms with Gasteiger partial charge in [-0.2, -0.15) is 0 Å².